The van der Waals surface area contributed by atoms with Gasteiger partial charge >= 0.3 is 5.97 Å². The number of Topliss-reactive ketones (excluding diaryl/α,β-unsaturated/α-hetero) is 1. The van der Waals surface area contributed by atoms with E-state index in [1.807, 2.05) is 31.2 Å². The van der Waals surface area contributed by atoms with Crippen LogP contribution in [0.4, 0.5) is 0 Å². The number of rotatable bonds is 4. The summed E-state index contributed by atoms with van der Waals surface area (Å²) >= 11 is 0. The molecule has 1 aromatic heterocycles. The molecule has 0 amide bonds. The van der Waals surface area contributed by atoms with Crippen molar-refractivity contribution in [2.75, 3.05) is 0 Å². The normalized spacial score (nSPS) is 11.1. The Morgan fingerprint density at radius 3 is 2.43 bits per heavy atom. The molecule has 2 rings (SSSR count). The van der Waals surface area contributed by atoms with Crippen LogP contribution in [-0.4, -0.2) is 22.3 Å². The summed E-state index contributed by atoms with van der Waals surface area (Å²) in [6, 6.07) is 12.9. The van der Waals surface area contributed by atoms with Crippen molar-refractivity contribution in [3.8, 4) is 11.3 Å². The zero-order valence-corrected chi connectivity index (χ0v) is 13.9. The number of hydrogen-bond donors (Lipinski definition) is 0. The van der Waals surface area contributed by atoms with Crippen LogP contribution in [0.3, 0.4) is 0 Å². The van der Waals surface area contributed by atoms with Crippen LogP contribution in [0.5, 0.6) is 0 Å². The smallest absolute Gasteiger partial charge is 0.314 e. The van der Waals surface area contributed by atoms with Crippen molar-refractivity contribution in [3.63, 3.8) is 0 Å². The van der Waals surface area contributed by atoms with Crippen LogP contribution in [0.1, 0.15) is 43.2 Å². The fraction of sp³-hybridized carbons (Fsp3) is 0.316. The molecule has 0 fully saturated rings. The highest BCUT2D eigenvalue weighted by Gasteiger charge is 2.20. The van der Waals surface area contributed by atoms with Gasteiger partial charge < -0.3 is 4.74 Å². The van der Waals surface area contributed by atoms with E-state index in [9.17, 15) is 9.59 Å². The molecule has 0 aliphatic carbocycles. The summed E-state index contributed by atoms with van der Waals surface area (Å²) in [5.74, 6) is -0.768. The zero-order chi connectivity index (χ0) is 17.0. The number of hydrogen-bond acceptors (Lipinski definition) is 4. The summed E-state index contributed by atoms with van der Waals surface area (Å²) in [6.45, 7) is 7.25. The van der Waals surface area contributed by atoms with Gasteiger partial charge in [0.15, 0.2) is 5.78 Å². The van der Waals surface area contributed by atoms with E-state index in [4.69, 9.17) is 4.74 Å². The van der Waals surface area contributed by atoms with Crippen LogP contribution in [-0.2, 0) is 9.53 Å². The van der Waals surface area contributed by atoms with Crippen LogP contribution in [0.15, 0.2) is 42.5 Å². The van der Waals surface area contributed by atoms with E-state index in [0.717, 1.165) is 17.0 Å². The number of benzene rings is 1. The second-order valence-corrected chi connectivity index (χ2v) is 6.43. The van der Waals surface area contributed by atoms with Crippen LogP contribution < -0.4 is 0 Å². The number of pyridine rings is 1. The molecule has 4 heteroatoms. The largest absolute Gasteiger partial charge is 0.460 e. The number of carbonyl (C=O) groups is 2. The van der Waals surface area contributed by atoms with Gasteiger partial charge in [-0.05, 0) is 45.9 Å². The third-order valence-corrected chi connectivity index (χ3v) is 3.09. The molecule has 1 aromatic carbocycles. The average molecular weight is 311 g/mol. The maximum atomic E-state index is 12.3. The van der Waals surface area contributed by atoms with Gasteiger partial charge in [-0.15, -0.1) is 0 Å². The first kappa shape index (κ1) is 16.9. The van der Waals surface area contributed by atoms with Crippen molar-refractivity contribution in [2.45, 2.75) is 39.7 Å². The van der Waals surface area contributed by atoms with Crippen LogP contribution in [0.25, 0.3) is 11.3 Å². The second-order valence-electron chi connectivity index (χ2n) is 6.43. The quantitative estimate of drug-likeness (QED) is 0.487. The summed E-state index contributed by atoms with van der Waals surface area (Å²) in [7, 11) is 0. The highest BCUT2D eigenvalue weighted by atomic mass is 16.6. The lowest BCUT2D eigenvalue weighted by molar-refractivity contribution is -0.153. The molecule has 120 valence electrons. The van der Waals surface area contributed by atoms with Gasteiger partial charge in [-0.1, -0.05) is 24.3 Å². The Morgan fingerprint density at radius 2 is 1.78 bits per heavy atom. The Labute approximate surface area is 136 Å². The first-order valence-electron chi connectivity index (χ1n) is 7.54. The number of carbonyl (C=O) groups excluding carboxylic acids is 2. The van der Waals surface area contributed by atoms with Crippen molar-refractivity contribution >= 4 is 11.8 Å². The van der Waals surface area contributed by atoms with Crippen molar-refractivity contribution in [3.05, 3.63) is 53.7 Å². The Bertz CT molecular complexity index is 729. The summed E-state index contributed by atoms with van der Waals surface area (Å²) in [6.07, 6.45) is -0.262. The van der Waals surface area contributed by atoms with Gasteiger partial charge in [0.1, 0.15) is 12.0 Å². The highest BCUT2D eigenvalue weighted by Crippen LogP contribution is 2.20. The molecular formula is C19H21NO3. The maximum absolute atomic E-state index is 12.3. The standard InChI is InChI=1S/C19H21NO3/c1-13-7-5-10-16(20-13)14-8-6-9-15(11-14)17(21)12-18(22)23-19(2,3)4/h5-11H,12H2,1-4H3. The predicted octanol–water partition coefficient (Wildman–Crippen LogP) is 3.97. The predicted molar refractivity (Wildman–Crippen MR) is 89.2 cm³/mol. The molecule has 0 saturated carbocycles. The van der Waals surface area contributed by atoms with Gasteiger partial charge in [0.05, 0.1) is 5.69 Å². The Balaban J connectivity index is 2.16. The fourth-order valence-corrected chi connectivity index (χ4v) is 2.17. The SMILES string of the molecule is Cc1cccc(-c2cccc(C(=O)CC(=O)OC(C)(C)C)c2)n1. The van der Waals surface area contributed by atoms with Crippen LogP contribution in [0, 0.1) is 6.92 Å². The molecule has 0 atom stereocenters. The van der Waals surface area contributed by atoms with Crippen molar-refractivity contribution in [1.29, 1.82) is 0 Å². The molecule has 0 spiro atoms. The summed E-state index contributed by atoms with van der Waals surface area (Å²) in [4.78, 5) is 28.5. The molecule has 1 heterocycles. The van der Waals surface area contributed by atoms with Gasteiger partial charge in [-0.3, -0.25) is 14.6 Å². The van der Waals surface area contributed by atoms with Gasteiger partial charge in [0.25, 0.3) is 0 Å². The lowest BCUT2D eigenvalue weighted by Gasteiger charge is -2.19. The topological polar surface area (TPSA) is 56.3 Å². The summed E-state index contributed by atoms with van der Waals surface area (Å²) in [5, 5.41) is 0. The fourth-order valence-electron chi connectivity index (χ4n) is 2.17. The molecular weight excluding hydrogens is 290 g/mol. The van der Waals surface area contributed by atoms with Crippen molar-refractivity contribution < 1.29 is 14.3 Å². The third-order valence-electron chi connectivity index (χ3n) is 3.09. The Kier molecular flexibility index (Phi) is 4.94. The van der Waals surface area contributed by atoms with Gasteiger partial charge in [-0.25, -0.2) is 0 Å². The number of ether oxygens (including phenoxy) is 1. The molecule has 0 bridgehead atoms. The first-order valence-corrected chi connectivity index (χ1v) is 7.54. The molecule has 0 radical (unpaired) electrons. The second kappa shape index (κ2) is 6.73. The molecule has 2 aromatic rings. The minimum atomic E-state index is -0.593. The van der Waals surface area contributed by atoms with E-state index in [-0.39, 0.29) is 12.2 Å². The molecule has 0 N–H and O–H groups in total. The maximum Gasteiger partial charge on any atom is 0.314 e. The molecule has 0 saturated heterocycles. The van der Waals surface area contributed by atoms with Gasteiger partial charge in [0.2, 0.25) is 0 Å². The Morgan fingerprint density at radius 1 is 1.09 bits per heavy atom. The van der Waals surface area contributed by atoms with E-state index in [1.54, 1.807) is 39.0 Å². The van der Waals surface area contributed by atoms with Crippen LogP contribution in [0.2, 0.25) is 0 Å². The van der Waals surface area contributed by atoms with Crippen molar-refractivity contribution in [1.82, 2.24) is 4.98 Å². The third kappa shape index (κ3) is 5.02. The lowest BCUT2D eigenvalue weighted by atomic mass is 10.0. The minimum absolute atomic E-state index is 0.256. The number of aryl methyl sites for hydroxylation is 1. The molecule has 4 nitrogen and oxygen atoms in total. The van der Waals surface area contributed by atoms with E-state index in [0.29, 0.717) is 5.56 Å². The number of ketones is 1. The van der Waals surface area contributed by atoms with E-state index < -0.39 is 11.6 Å². The number of nitrogens with zero attached hydrogens (tertiary/aromatic N) is 1. The summed E-state index contributed by atoms with van der Waals surface area (Å²) in [5.41, 5.74) is 2.45. The minimum Gasteiger partial charge on any atom is -0.460 e. The number of aromatic nitrogens is 1. The van der Waals surface area contributed by atoms with Gasteiger partial charge in [0, 0.05) is 16.8 Å². The van der Waals surface area contributed by atoms with E-state index in [2.05, 4.69) is 4.98 Å². The van der Waals surface area contributed by atoms with Crippen LogP contribution >= 0.6 is 0 Å². The zero-order valence-electron chi connectivity index (χ0n) is 13.9. The first-order chi connectivity index (χ1) is 10.7. The monoisotopic (exact) mass is 311 g/mol. The van der Waals surface area contributed by atoms with E-state index >= 15 is 0 Å². The molecule has 23 heavy (non-hydrogen) atoms. The molecule has 0 aliphatic rings. The molecule has 0 unspecified atom stereocenters. The molecule has 0 aliphatic heterocycles. The number of esters is 1. The van der Waals surface area contributed by atoms with Gasteiger partial charge in [-0.2, -0.15) is 0 Å². The highest BCUT2D eigenvalue weighted by molar-refractivity contribution is 6.06. The Hall–Kier alpha value is -2.49. The average Bonchev–Trinajstić information content (AvgIpc) is 2.45. The lowest BCUT2D eigenvalue weighted by Crippen LogP contribution is -2.25. The summed E-state index contributed by atoms with van der Waals surface area (Å²) < 4.78 is 5.19. The van der Waals surface area contributed by atoms with Crippen molar-refractivity contribution in [2.24, 2.45) is 0 Å². The van der Waals surface area contributed by atoms with E-state index in [1.165, 1.54) is 0 Å².